The van der Waals surface area contributed by atoms with E-state index in [0.29, 0.717) is 23.4 Å². The second-order valence-electron chi connectivity index (χ2n) is 9.51. The van der Waals surface area contributed by atoms with E-state index in [1.165, 1.54) is 46.1 Å². The molecule has 1 aliphatic rings. The SMILES string of the molecule is CN1C(=O)c2c(OCc3ccccc3)c(=O)ccn2N([C@H](c2ccc(F)cc2)c2cc(F)c(F)cc2O)[C@H]1CCBr. The summed E-state index contributed by atoms with van der Waals surface area (Å²) in [7, 11) is 1.55. The van der Waals surface area contributed by atoms with Crippen molar-refractivity contribution in [2.75, 3.05) is 17.4 Å². The maximum absolute atomic E-state index is 14.6. The Labute approximate surface area is 242 Å². The van der Waals surface area contributed by atoms with Gasteiger partial charge >= 0.3 is 0 Å². The van der Waals surface area contributed by atoms with E-state index in [9.17, 15) is 27.9 Å². The van der Waals surface area contributed by atoms with Gasteiger partial charge in [0.25, 0.3) is 5.91 Å². The van der Waals surface area contributed by atoms with E-state index < -0.39 is 46.7 Å². The average molecular weight is 628 g/mol. The predicted octanol–water partition coefficient (Wildman–Crippen LogP) is 5.47. The normalized spacial score (nSPS) is 15.5. The fourth-order valence-electron chi connectivity index (χ4n) is 5.00. The molecule has 4 aromatic rings. The molecule has 2 atom stereocenters. The maximum Gasteiger partial charge on any atom is 0.277 e. The number of benzene rings is 3. The lowest BCUT2D eigenvalue weighted by atomic mass is 9.95. The van der Waals surface area contributed by atoms with Crippen LogP contribution in [0.5, 0.6) is 11.5 Å². The van der Waals surface area contributed by atoms with E-state index >= 15 is 0 Å². The minimum Gasteiger partial charge on any atom is -0.507 e. The molecule has 1 aromatic heterocycles. The van der Waals surface area contributed by atoms with E-state index in [2.05, 4.69) is 15.9 Å². The molecule has 3 aromatic carbocycles. The van der Waals surface area contributed by atoms with Gasteiger partial charge in [0, 0.05) is 36.3 Å². The fourth-order valence-corrected chi connectivity index (χ4v) is 5.41. The van der Waals surface area contributed by atoms with Crippen molar-refractivity contribution in [2.24, 2.45) is 0 Å². The molecular weight excluding hydrogens is 603 g/mol. The Morgan fingerprint density at radius 2 is 1.66 bits per heavy atom. The molecule has 0 fully saturated rings. The number of hydrogen-bond donors (Lipinski definition) is 1. The first-order valence-electron chi connectivity index (χ1n) is 12.7. The summed E-state index contributed by atoms with van der Waals surface area (Å²) in [5.41, 5.74) is 0.537. The van der Waals surface area contributed by atoms with Crippen LogP contribution in [0.15, 0.2) is 83.8 Å². The molecule has 2 heterocycles. The molecule has 0 radical (unpaired) electrons. The Bertz CT molecular complexity index is 1630. The van der Waals surface area contributed by atoms with Gasteiger partial charge in [0.1, 0.15) is 30.4 Å². The molecule has 41 heavy (non-hydrogen) atoms. The Hall–Kier alpha value is -4.25. The van der Waals surface area contributed by atoms with Gasteiger partial charge in [-0.15, -0.1) is 0 Å². The number of ether oxygens (including phenoxy) is 1. The van der Waals surface area contributed by atoms with Crippen molar-refractivity contribution in [1.29, 1.82) is 0 Å². The van der Waals surface area contributed by atoms with Crippen LogP contribution in [0, 0.1) is 17.5 Å². The Morgan fingerprint density at radius 3 is 2.34 bits per heavy atom. The molecule has 11 heteroatoms. The number of phenolic OH excluding ortho intramolecular Hbond substituents is 1. The number of carbonyl (C=O) groups is 1. The van der Waals surface area contributed by atoms with Gasteiger partial charge in [-0.3, -0.25) is 19.3 Å². The number of halogens is 4. The van der Waals surface area contributed by atoms with Crippen LogP contribution in [-0.2, 0) is 6.61 Å². The topological polar surface area (TPSA) is 75.0 Å². The van der Waals surface area contributed by atoms with E-state index in [1.807, 2.05) is 30.3 Å². The number of aromatic hydroxyl groups is 1. The number of pyridine rings is 1. The molecule has 0 bridgehead atoms. The molecule has 0 spiro atoms. The van der Waals surface area contributed by atoms with Crippen molar-refractivity contribution in [3.8, 4) is 11.5 Å². The summed E-state index contributed by atoms with van der Waals surface area (Å²) in [4.78, 5) is 28.2. The summed E-state index contributed by atoms with van der Waals surface area (Å²) in [6.07, 6.45) is 1.05. The number of fused-ring (bicyclic) bond motifs is 1. The molecule has 212 valence electrons. The lowest BCUT2D eigenvalue weighted by Crippen LogP contribution is -2.61. The highest BCUT2D eigenvalue weighted by molar-refractivity contribution is 9.09. The van der Waals surface area contributed by atoms with Crippen molar-refractivity contribution in [3.63, 3.8) is 0 Å². The predicted molar refractivity (Wildman–Crippen MR) is 150 cm³/mol. The van der Waals surface area contributed by atoms with Crippen LogP contribution in [-0.4, -0.2) is 39.1 Å². The number of aromatic nitrogens is 1. The smallest absolute Gasteiger partial charge is 0.277 e. The van der Waals surface area contributed by atoms with Crippen molar-refractivity contribution in [2.45, 2.75) is 25.2 Å². The number of amides is 1. The summed E-state index contributed by atoms with van der Waals surface area (Å²) in [6, 6.07) is 16.2. The van der Waals surface area contributed by atoms with Crippen LogP contribution in [0.1, 0.15) is 39.6 Å². The van der Waals surface area contributed by atoms with Gasteiger partial charge in [-0.05, 0) is 35.7 Å². The highest BCUT2D eigenvalue weighted by atomic mass is 79.9. The molecule has 0 saturated heterocycles. The maximum atomic E-state index is 14.6. The summed E-state index contributed by atoms with van der Waals surface area (Å²) in [5.74, 6) is -4.20. The van der Waals surface area contributed by atoms with Crippen LogP contribution < -0.4 is 15.2 Å². The number of hydrogen-bond acceptors (Lipinski definition) is 5. The van der Waals surface area contributed by atoms with Gasteiger partial charge in [0.2, 0.25) is 5.43 Å². The van der Waals surface area contributed by atoms with Crippen LogP contribution >= 0.6 is 15.9 Å². The summed E-state index contributed by atoms with van der Waals surface area (Å²) < 4.78 is 50.0. The zero-order chi connectivity index (χ0) is 29.3. The fraction of sp³-hybridized carbons (Fsp3) is 0.200. The summed E-state index contributed by atoms with van der Waals surface area (Å²) >= 11 is 3.43. The van der Waals surface area contributed by atoms with E-state index in [4.69, 9.17) is 4.74 Å². The third-order valence-corrected chi connectivity index (χ3v) is 7.42. The number of carbonyl (C=O) groups excluding carboxylic acids is 1. The van der Waals surface area contributed by atoms with Gasteiger partial charge in [-0.2, -0.15) is 0 Å². The first-order chi connectivity index (χ1) is 19.7. The second kappa shape index (κ2) is 11.7. The number of nitrogens with zero attached hydrogens (tertiary/aromatic N) is 3. The average Bonchev–Trinajstić information content (AvgIpc) is 2.96. The molecule has 1 N–H and O–H groups in total. The Balaban J connectivity index is 1.75. The molecule has 7 nitrogen and oxygen atoms in total. The molecule has 1 aliphatic heterocycles. The van der Waals surface area contributed by atoms with Crippen LogP contribution in [0.25, 0.3) is 0 Å². The largest absolute Gasteiger partial charge is 0.507 e. The Kier molecular flexibility index (Phi) is 8.07. The number of alkyl halides is 1. The van der Waals surface area contributed by atoms with Crippen molar-refractivity contribution < 1.29 is 27.8 Å². The summed E-state index contributed by atoms with van der Waals surface area (Å²) in [6.45, 7) is 0.0142. The zero-order valence-corrected chi connectivity index (χ0v) is 23.4. The van der Waals surface area contributed by atoms with Crippen molar-refractivity contribution >= 4 is 21.8 Å². The first-order valence-corrected chi connectivity index (χ1v) is 13.8. The molecule has 0 aliphatic carbocycles. The van der Waals surface area contributed by atoms with Gasteiger partial charge < -0.3 is 14.7 Å². The van der Waals surface area contributed by atoms with E-state index in [0.717, 1.165) is 11.6 Å². The van der Waals surface area contributed by atoms with E-state index in [1.54, 1.807) is 12.1 Å². The second-order valence-corrected chi connectivity index (χ2v) is 10.3. The molecule has 0 unspecified atom stereocenters. The standard InChI is InChI=1S/C30H25BrF3N3O4/c1-35-26(11-13-31)37(27(19-7-9-20(32)10-8-19)21-15-22(33)23(34)16-25(21)39)36-14-12-24(38)29(28(36)30(35)40)41-17-18-5-3-2-4-6-18/h2-10,12,14-16,26-27,39H,11,13,17H2,1H3/t26-,27+/m0/s1. The van der Waals surface area contributed by atoms with Crippen LogP contribution in [0.2, 0.25) is 0 Å². The number of rotatable bonds is 8. The summed E-state index contributed by atoms with van der Waals surface area (Å²) in [5, 5.41) is 12.9. The Morgan fingerprint density at radius 1 is 0.976 bits per heavy atom. The highest BCUT2D eigenvalue weighted by Crippen LogP contribution is 2.39. The van der Waals surface area contributed by atoms with E-state index in [-0.39, 0.29) is 23.6 Å². The molecule has 0 saturated carbocycles. The third-order valence-electron chi connectivity index (χ3n) is 6.97. The zero-order valence-electron chi connectivity index (χ0n) is 21.8. The monoisotopic (exact) mass is 627 g/mol. The van der Waals surface area contributed by atoms with Gasteiger partial charge in [-0.1, -0.05) is 58.4 Å². The van der Waals surface area contributed by atoms with Gasteiger partial charge in [-0.25, -0.2) is 13.2 Å². The quantitative estimate of drug-likeness (QED) is 0.262. The highest BCUT2D eigenvalue weighted by Gasteiger charge is 2.42. The first kappa shape index (κ1) is 28.3. The molecule has 5 rings (SSSR count). The lowest BCUT2D eigenvalue weighted by molar-refractivity contribution is 0.0610. The van der Waals surface area contributed by atoms with Crippen molar-refractivity contribution in [3.05, 3.63) is 129 Å². The van der Waals surface area contributed by atoms with Crippen LogP contribution in [0.4, 0.5) is 13.2 Å². The minimum atomic E-state index is -1.24. The van der Waals surface area contributed by atoms with Gasteiger partial charge in [0.15, 0.2) is 23.1 Å². The lowest BCUT2D eigenvalue weighted by Gasteiger charge is -2.49. The molecule has 1 amide bonds. The number of phenols is 1. The minimum absolute atomic E-state index is 0.0142. The van der Waals surface area contributed by atoms with Crippen molar-refractivity contribution in [1.82, 2.24) is 9.58 Å². The molecular formula is C30H25BrF3N3O4. The van der Waals surface area contributed by atoms with Gasteiger partial charge in [0.05, 0.1) is 0 Å². The van der Waals surface area contributed by atoms with Crippen LogP contribution in [0.3, 0.4) is 0 Å². The third kappa shape index (κ3) is 5.41.